The van der Waals surface area contributed by atoms with E-state index in [1.165, 1.54) is 0 Å². The molecule has 0 bridgehead atoms. The smallest absolute Gasteiger partial charge is 0.246 e. The molecule has 1 aliphatic heterocycles. The predicted octanol–water partition coefficient (Wildman–Crippen LogP) is 4.94. The number of benzene rings is 2. The molecule has 4 aromatic rings. The van der Waals surface area contributed by atoms with E-state index in [9.17, 15) is 9.90 Å². The van der Waals surface area contributed by atoms with Crippen molar-refractivity contribution >= 4 is 34.0 Å². The molecular weight excluding hydrogens is 466 g/mol. The van der Waals surface area contributed by atoms with E-state index in [4.69, 9.17) is 16.3 Å². The Morgan fingerprint density at radius 1 is 1.03 bits per heavy atom. The average Bonchev–Trinajstić information content (AvgIpc) is 2.91. The number of fused-ring (bicyclic) bond motifs is 1. The number of nitrogens with zero attached hydrogens (tertiary/aromatic N) is 5. The average molecular weight is 494 g/mol. The van der Waals surface area contributed by atoms with Gasteiger partial charge >= 0.3 is 0 Å². The molecular formula is C29H27N5O3. The zero-order valence-corrected chi connectivity index (χ0v) is 21.0. The maximum atomic E-state index is 13.3. The quantitative estimate of drug-likeness (QED) is 0.397. The van der Waals surface area contributed by atoms with Crippen molar-refractivity contribution in [2.75, 3.05) is 36.5 Å². The van der Waals surface area contributed by atoms with Crippen LogP contribution in [0.1, 0.15) is 19.4 Å². The van der Waals surface area contributed by atoms with E-state index in [0.717, 1.165) is 27.6 Å². The Morgan fingerprint density at radius 2 is 1.81 bits per heavy atom. The Morgan fingerprint density at radius 3 is 2.43 bits per heavy atom. The second kappa shape index (κ2) is 9.52. The molecule has 8 nitrogen and oxygen atoms in total. The van der Waals surface area contributed by atoms with Crippen LogP contribution in [-0.4, -0.2) is 47.7 Å². The van der Waals surface area contributed by atoms with Crippen LogP contribution < -0.4 is 14.5 Å². The number of methoxy groups -OCH3 is 1. The number of carbonyl (C=O) groups is 1. The third-order valence-electron chi connectivity index (χ3n) is 6.63. The van der Waals surface area contributed by atoms with Gasteiger partial charge in [-0.2, -0.15) is 0 Å². The molecule has 0 spiro atoms. The van der Waals surface area contributed by atoms with Gasteiger partial charge < -0.3 is 19.6 Å². The number of amides is 1. The third-order valence-corrected chi connectivity index (χ3v) is 6.63. The minimum absolute atomic E-state index is 0.0787. The van der Waals surface area contributed by atoms with Crippen LogP contribution in [0.2, 0.25) is 0 Å². The molecule has 186 valence electrons. The Bertz CT molecular complexity index is 1500. The van der Waals surface area contributed by atoms with Crippen molar-refractivity contribution in [2.45, 2.75) is 19.4 Å². The minimum Gasteiger partial charge on any atom is -0.494 e. The van der Waals surface area contributed by atoms with E-state index >= 15 is 0 Å². The van der Waals surface area contributed by atoms with Crippen molar-refractivity contribution in [3.8, 4) is 16.9 Å². The van der Waals surface area contributed by atoms with Crippen LogP contribution in [0.5, 0.6) is 5.75 Å². The van der Waals surface area contributed by atoms with E-state index in [1.54, 1.807) is 50.4 Å². The highest BCUT2D eigenvalue weighted by atomic mass is 16.5. The summed E-state index contributed by atoms with van der Waals surface area (Å²) in [5.41, 5.74) is 3.60. The minimum atomic E-state index is -0.971. The van der Waals surface area contributed by atoms with Crippen molar-refractivity contribution in [1.29, 1.82) is 0 Å². The predicted molar refractivity (Wildman–Crippen MR) is 144 cm³/mol. The van der Waals surface area contributed by atoms with Crippen molar-refractivity contribution in [1.82, 2.24) is 9.97 Å². The van der Waals surface area contributed by atoms with Crippen molar-refractivity contribution < 1.29 is 14.6 Å². The largest absolute Gasteiger partial charge is 0.494 e. The molecule has 1 N–H and O–H groups in total. The van der Waals surface area contributed by atoms with Gasteiger partial charge in [0.15, 0.2) is 11.4 Å². The molecule has 0 unspecified atom stereocenters. The second-order valence-corrected chi connectivity index (χ2v) is 9.47. The second-order valence-electron chi connectivity index (χ2n) is 9.47. The van der Waals surface area contributed by atoms with Gasteiger partial charge in [-0.25, -0.2) is 9.83 Å². The highest BCUT2D eigenvalue weighted by Gasteiger charge is 2.29. The Kier molecular flexibility index (Phi) is 6.24. The number of aliphatic hydroxyl groups is 1. The standard InChI is InChI=1S/C29H27N5O3/c1-29(2,36)20-10-13-25(31-16-20)33-14-15-34(26(35)18-33)24-17-32-27-22(6-5-7-23(27)28(24)37-4)19-8-11-21(30-3)12-9-19/h5-13,16-17,36H,14-15,18H2,1-2,4H3. The molecule has 3 heterocycles. The topological polar surface area (TPSA) is 83.1 Å². The van der Waals surface area contributed by atoms with Gasteiger partial charge in [-0.3, -0.25) is 9.78 Å². The van der Waals surface area contributed by atoms with Crippen molar-refractivity contribution in [2.24, 2.45) is 0 Å². The van der Waals surface area contributed by atoms with Crippen molar-refractivity contribution in [3.05, 3.63) is 84.0 Å². The molecule has 1 amide bonds. The highest BCUT2D eigenvalue weighted by Crippen LogP contribution is 2.39. The van der Waals surface area contributed by atoms with Gasteiger partial charge in [0.2, 0.25) is 5.91 Å². The zero-order chi connectivity index (χ0) is 26.2. The lowest BCUT2D eigenvalue weighted by Gasteiger charge is -2.35. The first-order valence-corrected chi connectivity index (χ1v) is 12.0. The van der Waals surface area contributed by atoms with Crippen molar-refractivity contribution in [3.63, 3.8) is 0 Å². The van der Waals surface area contributed by atoms with Crippen LogP contribution in [-0.2, 0) is 10.4 Å². The normalized spacial score (nSPS) is 14.1. The molecule has 5 rings (SSSR count). The summed E-state index contributed by atoms with van der Waals surface area (Å²) in [5.74, 6) is 1.21. The number of hydrogen-bond donors (Lipinski definition) is 1. The van der Waals surface area contributed by atoms with Gasteiger partial charge in [-0.15, -0.1) is 0 Å². The summed E-state index contributed by atoms with van der Waals surface area (Å²) >= 11 is 0. The van der Waals surface area contributed by atoms with Gasteiger partial charge in [0.1, 0.15) is 11.5 Å². The molecule has 0 radical (unpaired) electrons. The number of ether oxygens (including phenoxy) is 1. The number of pyridine rings is 2. The van der Waals surface area contributed by atoms with E-state index < -0.39 is 5.60 Å². The molecule has 8 heteroatoms. The lowest BCUT2D eigenvalue weighted by molar-refractivity contribution is -0.117. The van der Waals surface area contributed by atoms with Gasteiger partial charge in [0.05, 0.1) is 37.5 Å². The Hall–Kier alpha value is -4.48. The Balaban J connectivity index is 1.44. The molecule has 2 aromatic heterocycles. The summed E-state index contributed by atoms with van der Waals surface area (Å²) in [6.07, 6.45) is 3.34. The van der Waals surface area contributed by atoms with Crippen LogP contribution in [0.4, 0.5) is 17.2 Å². The molecule has 2 aromatic carbocycles. The highest BCUT2D eigenvalue weighted by molar-refractivity contribution is 6.04. The fraction of sp³-hybridized carbons (Fsp3) is 0.241. The summed E-state index contributed by atoms with van der Waals surface area (Å²) in [4.78, 5) is 29.6. The van der Waals surface area contributed by atoms with E-state index in [1.807, 2.05) is 47.4 Å². The number of para-hydroxylation sites is 1. The van der Waals surface area contributed by atoms with E-state index in [0.29, 0.717) is 36.0 Å². The number of hydrogen-bond acceptors (Lipinski definition) is 6. The van der Waals surface area contributed by atoms with Gasteiger partial charge in [-0.1, -0.05) is 42.5 Å². The van der Waals surface area contributed by atoms with Gasteiger partial charge in [0, 0.05) is 35.8 Å². The summed E-state index contributed by atoms with van der Waals surface area (Å²) in [6, 6.07) is 16.9. The monoisotopic (exact) mass is 493 g/mol. The summed E-state index contributed by atoms with van der Waals surface area (Å²) in [7, 11) is 1.60. The van der Waals surface area contributed by atoms with E-state index in [-0.39, 0.29) is 12.5 Å². The lowest BCUT2D eigenvalue weighted by Crippen LogP contribution is -2.51. The first-order chi connectivity index (χ1) is 17.8. The van der Waals surface area contributed by atoms with Crippen LogP contribution >= 0.6 is 0 Å². The lowest BCUT2D eigenvalue weighted by atomic mass is 10.0. The third kappa shape index (κ3) is 4.57. The fourth-order valence-electron chi connectivity index (χ4n) is 4.60. The van der Waals surface area contributed by atoms with Crippen LogP contribution in [0, 0.1) is 6.57 Å². The summed E-state index contributed by atoms with van der Waals surface area (Å²) in [6.45, 7) is 11.8. The van der Waals surface area contributed by atoms with Crippen LogP contribution in [0.3, 0.4) is 0 Å². The van der Waals surface area contributed by atoms with Crippen LogP contribution in [0.25, 0.3) is 26.9 Å². The SMILES string of the molecule is [C-]#[N+]c1ccc(-c2cccc3c(OC)c(N4CCN(c5ccc(C(C)(C)O)cn5)CC4=O)cnc23)cc1. The summed E-state index contributed by atoms with van der Waals surface area (Å²) in [5, 5.41) is 11.0. The zero-order valence-electron chi connectivity index (χ0n) is 21.0. The van der Waals surface area contributed by atoms with E-state index in [2.05, 4.69) is 9.83 Å². The first kappa shape index (κ1) is 24.2. The molecule has 0 aliphatic carbocycles. The van der Waals surface area contributed by atoms with Gasteiger partial charge in [0.25, 0.3) is 0 Å². The molecule has 1 fully saturated rings. The number of carbonyl (C=O) groups excluding carboxylic acids is 1. The molecule has 1 saturated heterocycles. The number of anilines is 2. The molecule has 0 atom stereocenters. The fourth-order valence-corrected chi connectivity index (χ4v) is 4.60. The first-order valence-electron chi connectivity index (χ1n) is 12.0. The number of piperazine rings is 1. The summed E-state index contributed by atoms with van der Waals surface area (Å²) < 4.78 is 5.82. The maximum absolute atomic E-state index is 13.3. The maximum Gasteiger partial charge on any atom is 0.246 e. The number of aromatic nitrogens is 2. The molecule has 0 saturated carbocycles. The Labute approximate surface area is 215 Å². The molecule has 1 aliphatic rings. The number of rotatable bonds is 5. The van der Waals surface area contributed by atoms with Gasteiger partial charge in [-0.05, 0) is 31.5 Å². The molecule has 37 heavy (non-hydrogen) atoms. The van der Waals surface area contributed by atoms with Crippen LogP contribution in [0.15, 0.2) is 67.0 Å².